The first kappa shape index (κ1) is 17.5. The van der Waals surface area contributed by atoms with Gasteiger partial charge >= 0.3 is 18.0 Å². The molecule has 3 heterocycles. The van der Waals surface area contributed by atoms with E-state index in [0.717, 1.165) is 0 Å². The predicted octanol–water partition coefficient (Wildman–Crippen LogP) is 1.40. The summed E-state index contributed by atoms with van der Waals surface area (Å²) in [5, 5.41) is -0.118. The largest absolute Gasteiger partial charge is 0.463 e. The zero-order valence-corrected chi connectivity index (χ0v) is 14.1. The number of carbonyl (C=O) groups excluding carboxylic acids is 2. The number of halogens is 2. The van der Waals surface area contributed by atoms with Gasteiger partial charge in [-0.3, -0.25) is 14.2 Å². The molecular formula is C14H14ClFN4O5. The molecule has 9 nitrogen and oxygen atoms in total. The van der Waals surface area contributed by atoms with Gasteiger partial charge in [0.15, 0.2) is 10.8 Å². The zero-order valence-electron chi connectivity index (χ0n) is 13.3. The van der Waals surface area contributed by atoms with Crippen molar-refractivity contribution in [3.05, 3.63) is 17.6 Å². The molecule has 1 saturated heterocycles. The van der Waals surface area contributed by atoms with Crippen LogP contribution in [0.3, 0.4) is 0 Å². The minimum atomic E-state index is -0.995. The van der Waals surface area contributed by atoms with Gasteiger partial charge in [-0.15, -0.1) is 0 Å². The summed E-state index contributed by atoms with van der Waals surface area (Å²) in [7, 11) is 0. The second kappa shape index (κ2) is 6.89. The fourth-order valence-corrected chi connectivity index (χ4v) is 2.83. The number of nitrogens with zero attached hydrogens (tertiary/aromatic N) is 4. The van der Waals surface area contributed by atoms with Crippen molar-refractivity contribution in [3.8, 4) is 0 Å². The Morgan fingerprint density at radius 2 is 2.16 bits per heavy atom. The van der Waals surface area contributed by atoms with E-state index in [4.69, 9.17) is 25.8 Å². The average Bonchev–Trinajstić information content (AvgIpc) is 3.08. The number of fused-ring (bicyclic) bond motifs is 1. The van der Waals surface area contributed by atoms with Gasteiger partial charge in [-0.1, -0.05) is 11.6 Å². The summed E-state index contributed by atoms with van der Waals surface area (Å²) in [5.41, 5.74) is 0.372. The number of hydrogen-bond donors (Lipinski definition) is 0. The van der Waals surface area contributed by atoms with Crippen molar-refractivity contribution in [1.29, 1.82) is 0 Å². The lowest BCUT2D eigenvalue weighted by atomic mass is 10.2. The summed E-state index contributed by atoms with van der Waals surface area (Å²) in [6.45, 7) is 2.45. The molecule has 11 heteroatoms. The SMILES string of the molecule is CC(=O)OC[C@H]1O[C@@H](n2cnc3c(Cl)nc(F)nc32)C[C@@H]1OC(C)=O. The van der Waals surface area contributed by atoms with Crippen molar-refractivity contribution in [2.24, 2.45) is 0 Å². The van der Waals surface area contributed by atoms with Crippen LogP contribution in [0, 0.1) is 6.08 Å². The lowest BCUT2D eigenvalue weighted by molar-refractivity contribution is -0.155. The summed E-state index contributed by atoms with van der Waals surface area (Å²) in [5.74, 6) is -0.975. The Bertz CT molecular complexity index is 829. The van der Waals surface area contributed by atoms with Crippen LogP contribution >= 0.6 is 11.6 Å². The van der Waals surface area contributed by atoms with Crippen molar-refractivity contribution in [2.75, 3.05) is 6.61 Å². The maximum Gasteiger partial charge on any atom is 0.312 e. The molecule has 0 radical (unpaired) electrons. The van der Waals surface area contributed by atoms with Gasteiger partial charge in [0.1, 0.15) is 30.6 Å². The van der Waals surface area contributed by atoms with Crippen LogP contribution in [0.25, 0.3) is 11.2 Å². The Labute approximate surface area is 146 Å². The highest BCUT2D eigenvalue weighted by Crippen LogP contribution is 2.33. The van der Waals surface area contributed by atoms with Crippen LogP contribution < -0.4 is 0 Å². The fourth-order valence-electron chi connectivity index (χ4n) is 2.63. The number of esters is 2. The zero-order chi connectivity index (χ0) is 18.1. The molecule has 25 heavy (non-hydrogen) atoms. The summed E-state index contributed by atoms with van der Waals surface area (Å²) in [6, 6.07) is 0. The molecule has 134 valence electrons. The second-order valence-electron chi connectivity index (χ2n) is 5.42. The highest BCUT2D eigenvalue weighted by Gasteiger charge is 2.40. The maximum atomic E-state index is 13.5. The maximum absolute atomic E-state index is 13.5. The van der Waals surface area contributed by atoms with Gasteiger partial charge in [-0.2, -0.15) is 14.4 Å². The second-order valence-corrected chi connectivity index (χ2v) is 5.78. The molecule has 1 fully saturated rings. The van der Waals surface area contributed by atoms with E-state index < -0.39 is 36.5 Å². The van der Waals surface area contributed by atoms with Crippen LogP contribution in [-0.4, -0.2) is 50.3 Å². The van der Waals surface area contributed by atoms with E-state index in [1.54, 1.807) is 0 Å². The molecule has 2 aromatic rings. The smallest absolute Gasteiger partial charge is 0.312 e. The molecular weight excluding hydrogens is 359 g/mol. The van der Waals surface area contributed by atoms with E-state index in [9.17, 15) is 14.0 Å². The van der Waals surface area contributed by atoms with Crippen molar-refractivity contribution in [2.45, 2.75) is 38.7 Å². The van der Waals surface area contributed by atoms with E-state index in [2.05, 4.69) is 15.0 Å². The molecule has 0 aliphatic carbocycles. The molecule has 2 aromatic heterocycles. The summed E-state index contributed by atoms with van der Waals surface area (Å²) < 4.78 is 30.9. The van der Waals surface area contributed by atoms with E-state index in [0.29, 0.717) is 0 Å². The number of ether oxygens (including phenoxy) is 3. The van der Waals surface area contributed by atoms with Gasteiger partial charge in [0, 0.05) is 20.3 Å². The van der Waals surface area contributed by atoms with Gasteiger partial charge in [0.2, 0.25) is 0 Å². The van der Waals surface area contributed by atoms with Crippen LogP contribution in [0.4, 0.5) is 4.39 Å². The van der Waals surface area contributed by atoms with E-state index in [-0.39, 0.29) is 29.3 Å². The van der Waals surface area contributed by atoms with Gasteiger partial charge in [0.25, 0.3) is 0 Å². The highest BCUT2D eigenvalue weighted by atomic mass is 35.5. The Hall–Kier alpha value is -2.33. The first-order chi connectivity index (χ1) is 11.8. The third-order valence-electron chi connectivity index (χ3n) is 3.61. The van der Waals surface area contributed by atoms with Gasteiger partial charge < -0.3 is 14.2 Å². The first-order valence-electron chi connectivity index (χ1n) is 7.36. The van der Waals surface area contributed by atoms with Crippen molar-refractivity contribution >= 4 is 34.7 Å². The molecule has 0 aromatic carbocycles. The molecule has 3 atom stereocenters. The monoisotopic (exact) mass is 372 g/mol. The van der Waals surface area contributed by atoms with E-state index in [1.165, 1.54) is 24.7 Å². The van der Waals surface area contributed by atoms with Crippen LogP contribution in [0.15, 0.2) is 6.33 Å². The normalized spacial score (nSPS) is 23.0. The average molecular weight is 373 g/mol. The van der Waals surface area contributed by atoms with E-state index >= 15 is 0 Å². The molecule has 3 rings (SSSR count). The molecule has 0 N–H and O–H groups in total. The molecule has 0 amide bonds. The quantitative estimate of drug-likeness (QED) is 0.450. The summed E-state index contributed by atoms with van der Waals surface area (Å²) >= 11 is 5.86. The lowest BCUT2D eigenvalue weighted by Gasteiger charge is -2.17. The van der Waals surface area contributed by atoms with Crippen molar-refractivity contribution < 1.29 is 28.2 Å². The standard InChI is InChI=1S/C14H14ClFN4O5/c1-6(21)23-4-9-8(24-7(2)22)3-10(25-9)20-5-17-11-12(15)18-14(16)19-13(11)20/h5,8-10H,3-4H2,1-2H3/t8-,9+,10+/m0/s1. The summed E-state index contributed by atoms with van der Waals surface area (Å²) in [4.78, 5) is 33.5. The van der Waals surface area contributed by atoms with Gasteiger partial charge in [-0.25, -0.2) is 4.98 Å². The predicted molar refractivity (Wildman–Crippen MR) is 81.0 cm³/mol. The van der Waals surface area contributed by atoms with Crippen molar-refractivity contribution in [1.82, 2.24) is 19.5 Å². The van der Waals surface area contributed by atoms with E-state index in [1.807, 2.05) is 0 Å². The van der Waals surface area contributed by atoms with Crippen LogP contribution in [0.1, 0.15) is 26.5 Å². The minimum Gasteiger partial charge on any atom is -0.463 e. The molecule has 1 aliphatic rings. The Morgan fingerprint density at radius 3 is 2.84 bits per heavy atom. The van der Waals surface area contributed by atoms with Crippen LogP contribution in [0.2, 0.25) is 5.15 Å². The molecule has 1 aliphatic heterocycles. The number of imidazole rings is 1. The number of aromatic nitrogens is 4. The molecule has 0 spiro atoms. The van der Waals surface area contributed by atoms with Gasteiger partial charge in [-0.05, 0) is 0 Å². The van der Waals surface area contributed by atoms with Crippen molar-refractivity contribution in [3.63, 3.8) is 0 Å². The Balaban J connectivity index is 1.87. The fraction of sp³-hybridized carbons (Fsp3) is 0.500. The number of hydrogen-bond acceptors (Lipinski definition) is 8. The first-order valence-corrected chi connectivity index (χ1v) is 7.74. The molecule has 0 unspecified atom stereocenters. The summed E-state index contributed by atoms with van der Waals surface area (Å²) in [6.07, 6.45) is -1.32. The third kappa shape index (κ3) is 3.69. The van der Waals surface area contributed by atoms with Crippen LogP contribution in [-0.2, 0) is 23.8 Å². The molecule has 0 bridgehead atoms. The Kier molecular flexibility index (Phi) is 4.82. The van der Waals surface area contributed by atoms with Crippen LogP contribution in [0.5, 0.6) is 0 Å². The minimum absolute atomic E-state index is 0.0828. The third-order valence-corrected chi connectivity index (χ3v) is 3.87. The Morgan fingerprint density at radius 1 is 1.40 bits per heavy atom. The highest BCUT2D eigenvalue weighted by molar-refractivity contribution is 6.33. The number of carbonyl (C=O) groups is 2. The van der Waals surface area contributed by atoms with Gasteiger partial charge in [0.05, 0.1) is 6.33 Å². The lowest BCUT2D eigenvalue weighted by Crippen LogP contribution is -2.31. The molecule has 0 saturated carbocycles. The number of rotatable bonds is 4. The topological polar surface area (TPSA) is 105 Å².